The van der Waals surface area contributed by atoms with E-state index in [1.165, 1.54) is 0 Å². The molecule has 1 fully saturated rings. The molecule has 3 atom stereocenters. The lowest BCUT2D eigenvalue weighted by atomic mass is 10.1. The summed E-state index contributed by atoms with van der Waals surface area (Å²) in [6, 6.07) is 0. The number of nitrogens with zero attached hydrogens (tertiary/aromatic N) is 3. The molecule has 102 valence electrons. The van der Waals surface area contributed by atoms with Crippen molar-refractivity contribution in [2.24, 2.45) is 4.99 Å². The minimum Gasteiger partial charge on any atom is -0.390 e. The Morgan fingerprint density at radius 1 is 1.79 bits per heavy atom. The number of aromatic nitrogens is 2. The fraction of sp³-hybridized carbons (Fsp3) is 0.545. The third-order valence-electron chi connectivity index (χ3n) is 2.96. The second kappa shape index (κ2) is 6.17. The van der Waals surface area contributed by atoms with Crippen molar-refractivity contribution < 1.29 is 9.84 Å². The first-order chi connectivity index (χ1) is 9.24. The summed E-state index contributed by atoms with van der Waals surface area (Å²) in [6.45, 7) is 0.368. The second-order valence-electron chi connectivity index (χ2n) is 4.16. The SMILES string of the molecule is CN=C(NC#N)NC[C@H]1O[C@@H](c2cnc[nH]2)C[C@@H]1O. The molecule has 0 saturated carbocycles. The quantitative estimate of drug-likeness (QED) is 0.247. The average molecular weight is 264 g/mol. The molecule has 0 spiro atoms. The highest BCUT2D eigenvalue weighted by Crippen LogP contribution is 2.31. The fourth-order valence-electron chi connectivity index (χ4n) is 1.98. The number of hydrogen-bond acceptors (Lipinski definition) is 5. The highest BCUT2D eigenvalue weighted by molar-refractivity contribution is 5.80. The summed E-state index contributed by atoms with van der Waals surface area (Å²) in [5.74, 6) is 0.350. The lowest BCUT2D eigenvalue weighted by Crippen LogP contribution is -2.41. The molecule has 0 amide bonds. The number of H-pyrrole nitrogens is 1. The molecule has 8 heteroatoms. The van der Waals surface area contributed by atoms with E-state index in [-0.39, 0.29) is 12.2 Å². The average Bonchev–Trinajstić information content (AvgIpc) is 3.04. The first-order valence-corrected chi connectivity index (χ1v) is 5.92. The van der Waals surface area contributed by atoms with Crippen LogP contribution in [-0.2, 0) is 4.74 Å². The molecule has 2 rings (SSSR count). The molecule has 1 saturated heterocycles. The molecule has 1 aromatic rings. The van der Waals surface area contributed by atoms with Crippen LogP contribution in [0.4, 0.5) is 0 Å². The molecular weight excluding hydrogens is 248 g/mol. The Morgan fingerprint density at radius 3 is 3.26 bits per heavy atom. The largest absolute Gasteiger partial charge is 0.390 e. The molecule has 8 nitrogen and oxygen atoms in total. The summed E-state index contributed by atoms with van der Waals surface area (Å²) >= 11 is 0. The number of rotatable bonds is 3. The van der Waals surface area contributed by atoms with Crippen molar-refractivity contribution in [1.29, 1.82) is 5.26 Å². The fourth-order valence-corrected chi connectivity index (χ4v) is 1.98. The molecule has 2 heterocycles. The van der Waals surface area contributed by atoms with Gasteiger partial charge in [-0.2, -0.15) is 5.26 Å². The molecule has 4 N–H and O–H groups in total. The van der Waals surface area contributed by atoms with Gasteiger partial charge in [-0.15, -0.1) is 0 Å². The lowest BCUT2D eigenvalue weighted by Gasteiger charge is -2.16. The lowest BCUT2D eigenvalue weighted by molar-refractivity contribution is 0.0117. The summed E-state index contributed by atoms with van der Waals surface area (Å²) in [6.07, 6.45) is 4.44. The van der Waals surface area contributed by atoms with Crippen LogP contribution in [0.5, 0.6) is 0 Å². The van der Waals surface area contributed by atoms with E-state index in [9.17, 15) is 5.11 Å². The van der Waals surface area contributed by atoms with Crippen LogP contribution >= 0.6 is 0 Å². The van der Waals surface area contributed by atoms with Gasteiger partial charge < -0.3 is 20.1 Å². The van der Waals surface area contributed by atoms with Crippen molar-refractivity contribution >= 4 is 5.96 Å². The van der Waals surface area contributed by atoms with Gasteiger partial charge in [0.05, 0.1) is 24.3 Å². The van der Waals surface area contributed by atoms with Crippen molar-refractivity contribution in [3.8, 4) is 6.19 Å². The summed E-state index contributed by atoms with van der Waals surface area (Å²) in [5, 5.41) is 23.8. The Balaban J connectivity index is 1.87. The Bertz CT molecular complexity index is 466. The van der Waals surface area contributed by atoms with Crippen LogP contribution in [0, 0.1) is 11.5 Å². The molecule has 19 heavy (non-hydrogen) atoms. The number of hydrogen-bond donors (Lipinski definition) is 4. The zero-order valence-electron chi connectivity index (χ0n) is 10.5. The number of aliphatic hydroxyl groups excluding tert-OH is 1. The Labute approximate surface area is 110 Å². The molecular formula is C11H16N6O2. The minimum atomic E-state index is -0.569. The molecule has 1 aliphatic rings. The highest BCUT2D eigenvalue weighted by atomic mass is 16.5. The summed E-state index contributed by atoms with van der Waals surface area (Å²) in [5.41, 5.74) is 0.848. The maximum absolute atomic E-state index is 9.95. The number of imidazole rings is 1. The highest BCUT2D eigenvalue weighted by Gasteiger charge is 2.35. The van der Waals surface area contributed by atoms with E-state index in [4.69, 9.17) is 10.00 Å². The van der Waals surface area contributed by atoms with Crippen LogP contribution in [-0.4, -0.2) is 46.8 Å². The zero-order chi connectivity index (χ0) is 13.7. The summed E-state index contributed by atoms with van der Waals surface area (Å²) in [7, 11) is 1.56. The van der Waals surface area contributed by atoms with Gasteiger partial charge in [0.15, 0.2) is 6.19 Å². The van der Waals surface area contributed by atoms with Gasteiger partial charge in [-0.05, 0) is 0 Å². The maximum Gasteiger partial charge on any atom is 0.204 e. The van der Waals surface area contributed by atoms with Gasteiger partial charge in [0.25, 0.3) is 0 Å². The first kappa shape index (κ1) is 13.3. The first-order valence-electron chi connectivity index (χ1n) is 5.92. The smallest absolute Gasteiger partial charge is 0.204 e. The van der Waals surface area contributed by atoms with Gasteiger partial charge in [-0.3, -0.25) is 10.3 Å². The summed E-state index contributed by atoms with van der Waals surface area (Å²) in [4.78, 5) is 10.8. The van der Waals surface area contributed by atoms with E-state index in [0.717, 1.165) is 5.69 Å². The number of ether oxygens (including phenoxy) is 1. The van der Waals surface area contributed by atoms with Crippen LogP contribution in [0.3, 0.4) is 0 Å². The molecule has 1 aromatic heterocycles. The Hall–Kier alpha value is -2.11. The molecule has 0 radical (unpaired) electrons. The van der Waals surface area contributed by atoms with Crippen molar-refractivity contribution in [3.05, 3.63) is 18.2 Å². The van der Waals surface area contributed by atoms with Gasteiger partial charge in [0.2, 0.25) is 5.96 Å². The number of aromatic amines is 1. The molecule has 1 aliphatic heterocycles. The van der Waals surface area contributed by atoms with E-state index in [2.05, 4.69) is 25.6 Å². The molecule has 0 aliphatic carbocycles. The monoisotopic (exact) mass is 264 g/mol. The summed E-state index contributed by atoms with van der Waals surface area (Å²) < 4.78 is 5.74. The van der Waals surface area contributed by atoms with Crippen LogP contribution < -0.4 is 10.6 Å². The van der Waals surface area contributed by atoms with E-state index in [0.29, 0.717) is 18.9 Å². The number of nitrogens with one attached hydrogen (secondary N) is 3. The van der Waals surface area contributed by atoms with E-state index in [1.807, 2.05) is 0 Å². The number of nitriles is 1. The standard InChI is InChI=1S/C11H16N6O2/c1-13-11(16-5-12)15-4-10-8(18)2-9(19-10)7-3-14-6-17-7/h3,6,8-10,18H,2,4H2,1H3,(H,14,17)(H2,13,15,16)/t8-,9+,10+/m0/s1. The molecule has 0 unspecified atom stereocenters. The molecule has 0 bridgehead atoms. The van der Waals surface area contributed by atoms with Crippen LogP contribution in [0.2, 0.25) is 0 Å². The van der Waals surface area contributed by atoms with Gasteiger partial charge in [0.1, 0.15) is 12.2 Å². The molecule has 0 aromatic carbocycles. The van der Waals surface area contributed by atoms with Gasteiger partial charge in [0, 0.05) is 20.0 Å². The number of guanidine groups is 1. The van der Waals surface area contributed by atoms with Crippen LogP contribution in [0.15, 0.2) is 17.5 Å². The van der Waals surface area contributed by atoms with E-state index < -0.39 is 6.10 Å². The van der Waals surface area contributed by atoms with Crippen LogP contribution in [0.25, 0.3) is 0 Å². The van der Waals surface area contributed by atoms with E-state index in [1.54, 1.807) is 25.8 Å². The van der Waals surface area contributed by atoms with Gasteiger partial charge in [-0.25, -0.2) is 4.98 Å². The van der Waals surface area contributed by atoms with Crippen molar-refractivity contribution in [3.63, 3.8) is 0 Å². The third kappa shape index (κ3) is 3.21. The van der Waals surface area contributed by atoms with Gasteiger partial charge in [-0.1, -0.05) is 0 Å². The van der Waals surface area contributed by atoms with E-state index >= 15 is 0 Å². The number of aliphatic imine (C=N–C) groups is 1. The minimum absolute atomic E-state index is 0.185. The van der Waals surface area contributed by atoms with Crippen LogP contribution in [0.1, 0.15) is 18.2 Å². The van der Waals surface area contributed by atoms with Crippen molar-refractivity contribution in [2.45, 2.75) is 24.7 Å². The maximum atomic E-state index is 9.95. The predicted molar refractivity (Wildman–Crippen MR) is 66.9 cm³/mol. The topological polar surface area (TPSA) is 118 Å². The van der Waals surface area contributed by atoms with Gasteiger partial charge >= 0.3 is 0 Å². The van der Waals surface area contributed by atoms with Crippen molar-refractivity contribution in [2.75, 3.05) is 13.6 Å². The normalized spacial score (nSPS) is 27.0. The third-order valence-corrected chi connectivity index (χ3v) is 2.96. The predicted octanol–water partition coefficient (Wildman–Crippen LogP) is -0.753. The zero-order valence-corrected chi connectivity index (χ0v) is 10.5. The van der Waals surface area contributed by atoms with Crippen molar-refractivity contribution in [1.82, 2.24) is 20.6 Å². The Kier molecular flexibility index (Phi) is 4.33. The number of aliphatic hydroxyl groups is 1. The second-order valence-corrected chi connectivity index (χ2v) is 4.16. The Morgan fingerprint density at radius 2 is 2.63 bits per heavy atom.